The van der Waals surface area contributed by atoms with Gasteiger partial charge in [0.2, 0.25) is 0 Å². The number of aliphatic carboxylic acids is 1. The summed E-state index contributed by atoms with van der Waals surface area (Å²) in [5, 5.41) is 9.22. The summed E-state index contributed by atoms with van der Waals surface area (Å²) in [6, 6.07) is 3.83. The Morgan fingerprint density at radius 1 is 1.30 bits per heavy atom. The second-order valence-corrected chi connectivity index (χ2v) is 6.07. The average Bonchev–Trinajstić information content (AvgIpc) is 2.79. The van der Waals surface area contributed by atoms with Gasteiger partial charge in [-0.05, 0) is 25.5 Å². The normalized spacial score (nSPS) is 21.5. The number of hydrogen-bond donors (Lipinski definition) is 1. The van der Waals surface area contributed by atoms with Gasteiger partial charge in [-0.25, -0.2) is 0 Å². The Labute approximate surface area is 135 Å². The first-order chi connectivity index (χ1) is 11.2. The first-order valence-corrected chi connectivity index (χ1v) is 8.09. The zero-order chi connectivity index (χ0) is 16.2. The lowest BCUT2D eigenvalue weighted by molar-refractivity contribution is -0.143. The van der Waals surface area contributed by atoms with Gasteiger partial charge in [-0.2, -0.15) is 0 Å². The second-order valence-electron chi connectivity index (χ2n) is 6.07. The molecule has 0 radical (unpaired) electrons. The van der Waals surface area contributed by atoms with E-state index in [1.807, 2.05) is 12.1 Å². The lowest BCUT2D eigenvalue weighted by Crippen LogP contribution is -2.38. The van der Waals surface area contributed by atoms with Gasteiger partial charge in [0.25, 0.3) is 0 Å². The van der Waals surface area contributed by atoms with Crippen LogP contribution in [0.5, 0.6) is 17.2 Å². The molecule has 0 spiro atoms. The Hall–Kier alpha value is -1.95. The third kappa shape index (κ3) is 3.69. The number of nitrogens with zero attached hydrogens (tertiary/aromatic N) is 1. The van der Waals surface area contributed by atoms with E-state index >= 15 is 0 Å². The van der Waals surface area contributed by atoms with Crippen LogP contribution in [0.3, 0.4) is 0 Å². The van der Waals surface area contributed by atoms with Gasteiger partial charge in [-0.3, -0.25) is 9.69 Å². The molecule has 0 saturated carbocycles. The van der Waals surface area contributed by atoms with Gasteiger partial charge in [0.05, 0.1) is 26.2 Å². The van der Waals surface area contributed by atoms with E-state index in [1.54, 1.807) is 7.11 Å². The number of fused-ring (bicyclic) bond motifs is 1. The Morgan fingerprint density at radius 3 is 2.74 bits per heavy atom. The maximum atomic E-state index is 11.2. The molecule has 6 nitrogen and oxygen atoms in total. The van der Waals surface area contributed by atoms with Gasteiger partial charge in [0.1, 0.15) is 5.75 Å². The number of carboxylic acids is 1. The fourth-order valence-corrected chi connectivity index (χ4v) is 3.19. The molecule has 0 bridgehead atoms. The highest BCUT2D eigenvalue weighted by Crippen LogP contribution is 2.37. The first kappa shape index (κ1) is 15.9. The predicted molar refractivity (Wildman–Crippen MR) is 84.2 cm³/mol. The van der Waals surface area contributed by atoms with Crippen LogP contribution in [0.2, 0.25) is 0 Å². The molecule has 6 heteroatoms. The van der Waals surface area contributed by atoms with Crippen molar-refractivity contribution in [2.75, 3.05) is 33.4 Å². The zero-order valence-corrected chi connectivity index (χ0v) is 13.4. The van der Waals surface area contributed by atoms with Crippen molar-refractivity contribution in [1.29, 1.82) is 0 Å². The van der Waals surface area contributed by atoms with Crippen LogP contribution in [0.15, 0.2) is 12.1 Å². The van der Waals surface area contributed by atoms with Gasteiger partial charge in [-0.1, -0.05) is 0 Å². The lowest BCUT2D eigenvalue weighted by Gasteiger charge is -2.31. The van der Waals surface area contributed by atoms with Crippen molar-refractivity contribution in [3.05, 3.63) is 17.7 Å². The summed E-state index contributed by atoms with van der Waals surface area (Å²) in [7, 11) is 1.64. The molecule has 126 valence electrons. The van der Waals surface area contributed by atoms with Gasteiger partial charge < -0.3 is 19.3 Å². The molecule has 1 fully saturated rings. The Morgan fingerprint density at radius 2 is 2.04 bits per heavy atom. The summed E-state index contributed by atoms with van der Waals surface area (Å²) < 4.78 is 16.9. The number of hydrogen-bond acceptors (Lipinski definition) is 5. The largest absolute Gasteiger partial charge is 0.496 e. The molecular weight excluding hydrogens is 298 g/mol. The van der Waals surface area contributed by atoms with Crippen molar-refractivity contribution >= 4 is 5.97 Å². The minimum absolute atomic E-state index is 0.282. The number of likely N-dealkylation sites (tertiary alicyclic amines) is 1. The Balaban J connectivity index is 1.78. The van der Waals surface area contributed by atoms with Crippen LogP contribution in [0, 0.1) is 5.92 Å². The highest BCUT2D eigenvalue weighted by Gasteiger charge is 2.26. The van der Waals surface area contributed by atoms with E-state index < -0.39 is 5.97 Å². The molecule has 1 N–H and O–H groups in total. The molecule has 23 heavy (non-hydrogen) atoms. The van der Waals surface area contributed by atoms with E-state index in [1.165, 1.54) is 0 Å². The summed E-state index contributed by atoms with van der Waals surface area (Å²) in [5.41, 5.74) is 1.00. The molecule has 1 saturated heterocycles. The molecule has 1 aromatic carbocycles. The van der Waals surface area contributed by atoms with Gasteiger partial charge >= 0.3 is 5.97 Å². The maximum Gasteiger partial charge on any atom is 0.307 e. The van der Waals surface area contributed by atoms with Crippen LogP contribution in [-0.2, 0) is 11.3 Å². The molecule has 0 amide bonds. The molecule has 2 aliphatic heterocycles. The molecule has 0 aliphatic carbocycles. The van der Waals surface area contributed by atoms with Crippen LogP contribution in [-0.4, -0.2) is 49.4 Å². The standard InChI is InChI=1S/C17H23NO5/c1-21-14-9-16-15(22-6-3-7-23-16)8-13(14)11-18-5-2-4-12(10-18)17(19)20/h8-9,12H,2-7,10-11H2,1H3,(H,19,20). The lowest BCUT2D eigenvalue weighted by atomic mass is 9.97. The average molecular weight is 321 g/mol. The maximum absolute atomic E-state index is 11.2. The fourth-order valence-electron chi connectivity index (χ4n) is 3.19. The van der Waals surface area contributed by atoms with E-state index in [4.69, 9.17) is 14.2 Å². The summed E-state index contributed by atoms with van der Waals surface area (Å²) in [6.45, 7) is 3.42. The number of benzene rings is 1. The van der Waals surface area contributed by atoms with Crippen LogP contribution in [0.1, 0.15) is 24.8 Å². The molecule has 1 atom stereocenters. The third-order valence-electron chi connectivity index (χ3n) is 4.40. The minimum Gasteiger partial charge on any atom is -0.496 e. The van der Waals surface area contributed by atoms with Crippen molar-refractivity contribution in [2.45, 2.75) is 25.8 Å². The summed E-state index contributed by atoms with van der Waals surface area (Å²) in [6.07, 6.45) is 2.52. The number of carboxylic acid groups (broad SMARTS) is 1. The van der Waals surface area contributed by atoms with Gasteiger partial charge in [-0.15, -0.1) is 0 Å². The fraction of sp³-hybridized carbons (Fsp3) is 0.588. The van der Waals surface area contributed by atoms with Crippen LogP contribution in [0.4, 0.5) is 0 Å². The number of piperidine rings is 1. The van der Waals surface area contributed by atoms with Crippen molar-refractivity contribution < 1.29 is 24.1 Å². The van der Waals surface area contributed by atoms with E-state index in [0.717, 1.165) is 42.9 Å². The molecule has 3 rings (SSSR count). The monoisotopic (exact) mass is 321 g/mol. The van der Waals surface area contributed by atoms with E-state index in [2.05, 4.69) is 4.90 Å². The SMILES string of the molecule is COc1cc2c(cc1CN1CCCC(C(=O)O)C1)OCCCO2. The van der Waals surface area contributed by atoms with Crippen molar-refractivity contribution in [3.8, 4) is 17.2 Å². The Kier molecular flexibility index (Phi) is 4.91. The van der Waals surface area contributed by atoms with Crippen LogP contribution < -0.4 is 14.2 Å². The molecule has 2 heterocycles. The third-order valence-corrected chi connectivity index (χ3v) is 4.40. The second kappa shape index (κ2) is 7.08. The smallest absolute Gasteiger partial charge is 0.307 e. The summed E-state index contributed by atoms with van der Waals surface area (Å²) in [4.78, 5) is 13.4. The molecular formula is C17H23NO5. The van der Waals surface area contributed by atoms with Crippen molar-refractivity contribution in [3.63, 3.8) is 0 Å². The minimum atomic E-state index is -0.708. The molecule has 0 aromatic heterocycles. The van der Waals surface area contributed by atoms with Crippen LogP contribution in [0.25, 0.3) is 0 Å². The molecule has 2 aliphatic rings. The van der Waals surface area contributed by atoms with Crippen molar-refractivity contribution in [2.24, 2.45) is 5.92 Å². The predicted octanol–water partition coefficient (Wildman–Crippen LogP) is 2.15. The van der Waals surface area contributed by atoms with E-state index in [-0.39, 0.29) is 5.92 Å². The zero-order valence-electron chi connectivity index (χ0n) is 13.4. The molecule has 1 aromatic rings. The summed E-state index contributed by atoms with van der Waals surface area (Å²) in [5.74, 6) is 1.22. The van der Waals surface area contributed by atoms with E-state index in [0.29, 0.717) is 32.1 Å². The van der Waals surface area contributed by atoms with Gasteiger partial charge in [0, 0.05) is 31.1 Å². The first-order valence-electron chi connectivity index (χ1n) is 8.09. The number of methoxy groups -OCH3 is 1. The highest BCUT2D eigenvalue weighted by molar-refractivity contribution is 5.70. The number of carbonyl (C=O) groups is 1. The highest BCUT2D eigenvalue weighted by atomic mass is 16.5. The summed E-state index contributed by atoms with van der Waals surface area (Å²) >= 11 is 0. The van der Waals surface area contributed by atoms with E-state index in [9.17, 15) is 9.90 Å². The van der Waals surface area contributed by atoms with Crippen LogP contribution >= 0.6 is 0 Å². The Bertz CT molecular complexity index is 574. The van der Waals surface area contributed by atoms with Gasteiger partial charge in [0.15, 0.2) is 11.5 Å². The molecule has 1 unspecified atom stereocenters. The quantitative estimate of drug-likeness (QED) is 0.916. The van der Waals surface area contributed by atoms with Crippen molar-refractivity contribution in [1.82, 2.24) is 4.90 Å². The topological polar surface area (TPSA) is 68.2 Å². The number of ether oxygens (including phenoxy) is 3. The number of rotatable bonds is 4.